The van der Waals surface area contributed by atoms with E-state index in [0.717, 1.165) is 0 Å². The largest absolute Gasteiger partial charge is 0.480 e. The van der Waals surface area contributed by atoms with Crippen LogP contribution in [0.1, 0.15) is 24.2 Å². The van der Waals surface area contributed by atoms with Crippen molar-refractivity contribution >= 4 is 28.3 Å². The van der Waals surface area contributed by atoms with E-state index in [1.165, 1.54) is 25.6 Å². The fourth-order valence-corrected chi connectivity index (χ4v) is 2.78. The monoisotopic (exact) mass is 378 g/mol. The summed E-state index contributed by atoms with van der Waals surface area (Å²) in [5.41, 5.74) is 2.55. The summed E-state index contributed by atoms with van der Waals surface area (Å²) in [4.78, 5) is 25.0. The number of methoxy groups -OCH3 is 2. The van der Waals surface area contributed by atoms with Gasteiger partial charge in [0.2, 0.25) is 5.88 Å². The zero-order chi connectivity index (χ0) is 20.1. The Hall–Kier alpha value is -3.77. The first-order valence-electron chi connectivity index (χ1n) is 8.35. The Morgan fingerprint density at radius 3 is 2.75 bits per heavy atom. The van der Waals surface area contributed by atoms with Crippen LogP contribution in [0.5, 0.6) is 5.88 Å². The van der Waals surface area contributed by atoms with Gasteiger partial charge in [0.25, 0.3) is 0 Å². The zero-order valence-electron chi connectivity index (χ0n) is 15.6. The van der Waals surface area contributed by atoms with E-state index in [-0.39, 0.29) is 6.10 Å². The smallest absolute Gasteiger partial charge is 0.323 e. The first-order chi connectivity index (χ1) is 13.6. The van der Waals surface area contributed by atoms with Crippen molar-refractivity contribution in [1.29, 1.82) is 5.26 Å². The van der Waals surface area contributed by atoms with Gasteiger partial charge in [-0.3, -0.25) is 9.97 Å². The van der Waals surface area contributed by atoms with Crippen LogP contribution in [0.25, 0.3) is 10.9 Å². The average molecular weight is 378 g/mol. The molecule has 0 aliphatic heterocycles. The van der Waals surface area contributed by atoms with E-state index in [1.54, 1.807) is 25.6 Å². The van der Waals surface area contributed by atoms with Crippen molar-refractivity contribution in [2.24, 2.45) is 0 Å². The van der Waals surface area contributed by atoms with Gasteiger partial charge in [0.15, 0.2) is 0 Å². The van der Waals surface area contributed by atoms with Crippen molar-refractivity contribution in [3.63, 3.8) is 0 Å². The van der Waals surface area contributed by atoms with E-state index >= 15 is 0 Å². The second-order valence-corrected chi connectivity index (χ2v) is 5.83. The first-order valence-corrected chi connectivity index (χ1v) is 8.35. The summed E-state index contributed by atoms with van der Waals surface area (Å²) in [6.07, 6.45) is 5.65. The van der Waals surface area contributed by atoms with Crippen molar-refractivity contribution in [2.45, 2.75) is 13.0 Å². The van der Waals surface area contributed by atoms with Gasteiger partial charge in [0.05, 0.1) is 53.4 Å². The van der Waals surface area contributed by atoms with E-state index in [1.807, 2.05) is 13.0 Å². The molecule has 0 spiro atoms. The third kappa shape index (κ3) is 3.82. The number of carbonyl (C=O) groups is 1. The summed E-state index contributed by atoms with van der Waals surface area (Å²) in [6, 6.07) is 4.75. The third-order valence-electron chi connectivity index (χ3n) is 4.11. The Labute approximate surface area is 161 Å². The molecule has 3 aromatic rings. The van der Waals surface area contributed by atoms with Gasteiger partial charge in [0, 0.05) is 25.1 Å². The molecule has 0 fully saturated rings. The van der Waals surface area contributed by atoms with Crippen LogP contribution in [0.15, 0.2) is 36.9 Å². The fraction of sp³-hybridized carbons (Fsp3) is 0.211. The molecule has 0 aromatic carbocycles. The molecule has 2 amide bonds. The summed E-state index contributed by atoms with van der Waals surface area (Å²) in [5, 5.41) is 15.0. The molecule has 9 nitrogen and oxygen atoms in total. The van der Waals surface area contributed by atoms with Gasteiger partial charge in [-0.1, -0.05) is 0 Å². The summed E-state index contributed by atoms with van der Waals surface area (Å²) < 4.78 is 10.9. The van der Waals surface area contributed by atoms with Crippen molar-refractivity contribution in [1.82, 2.24) is 15.0 Å². The lowest BCUT2D eigenvalue weighted by atomic mass is 10.0. The van der Waals surface area contributed by atoms with Crippen molar-refractivity contribution in [3.8, 4) is 11.9 Å². The maximum Gasteiger partial charge on any atom is 0.323 e. The zero-order valence-corrected chi connectivity index (χ0v) is 15.6. The van der Waals surface area contributed by atoms with Crippen molar-refractivity contribution in [3.05, 3.63) is 48.0 Å². The Balaban J connectivity index is 1.98. The lowest BCUT2D eigenvalue weighted by molar-refractivity contribution is 0.121. The number of nitriles is 1. The number of aromatic nitrogens is 3. The van der Waals surface area contributed by atoms with Crippen LogP contribution in [0, 0.1) is 11.3 Å². The highest BCUT2D eigenvalue weighted by atomic mass is 16.5. The molecular weight excluding hydrogens is 360 g/mol. The van der Waals surface area contributed by atoms with Crippen LogP contribution < -0.4 is 15.4 Å². The molecule has 0 radical (unpaired) electrons. The maximum absolute atomic E-state index is 12.5. The third-order valence-corrected chi connectivity index (χ3v) is 4.11. The summed E-state index contributed by atoms with van der Waals surface area (Å²) in [6.45, 7) is 1.85. The SMILES string of the molecule is COc1nccc2ncc(NC(=O)Nc3cncc(C#N)c3)c(C(C)OC)c12. The molecule has 3 heterocycles. The van der Waals surface area contributed by atoms with Crippen LogP contribution in [-0.4, -0.2) is 35.2 Å². The molecule has 3 aromatic heterocycles. The Kier molecular flexibility index (Phi) is 5.62. The molecule has 0 saturated heterocycles. The fourth-order valence-electron chi connectivity index (χ4n) is 2.78. The van der Waals surface area contributed by atoms with Crippen molar-refractivity contribution < 1.29 is 14.3 Å². The van der Waals surface area contributed by atoms with E-state index in [9.17, 15) is 4.79 Å². The molecule has 0 bridgehead atoms. The van der Waals surface area contributed by atoms with E-state index < -0.39 is 6.03 Å². The van der Waals surface area contributed by atoms with E-state index in [2.05, 4.69) is 25.6 Å². The van der Waals surface area contributed by atoms with Gasteiger partial charge in [-0.15, -0.1) is 0 Å². The van der Waals surface area contributed by atoms with Crippen molar-refractivity contribution in [2.75, 3.05) is 24.9 Å². The van der Waals surface area contributed by atoms with E-state index in [0.29, 0.717) is 39.3 Å². The predicted octanol–water partition coefficient (Wildman–Crippen LogP) is 3.26. The highest BCUT2D eigenvalue weighted by molar-refractivity contribution is 6.02. The quantitative estimate of drug-likeness (QED) is 0.698. The minimum atomic E-state index is -0.509. The molecule has 9 heteroatoms. The van der Waals surface area contributed by atoms with Gasteiger partial charge in [-0.2, -0.15) is 5.26 Å². The summed E-state index contributed by atoms with van der Waals surface area (Å²) in [5.74, 6) is 0.388. The molecule has 2 N–H and O–H groups in total. The predicted molar refractivity (Wildman–Crippen MR) is 103 cm³/mol. The number of hydrogen-bond donors (Lipinski definition) is 2. The van der Waals surface area contributed by atoms with Gasteiger partial charge in [-0.05, 0) is 19.1 Å². The van der Waals surface area contributed by atoms with Gasteiger partial charge >= 0.3 is 6.03 Å². The Morgan fingerprint density at radius 1 is 1.21 bits per heavy atom. The van der Waals surface area contributed by atoms with Gasteiger partial charge in [0.1, 0.15) is 6.07 Å². The number of urea groups is 1. The minimum absolute atomic E-state index is 0.342. The molecule has 1 unspecified atom stereocenters. The van der Waals surface area contributed by atoms with Crippen LogP contribution >= 0.6 is 0 Å². The average Bonchev–Trinajstić information content (AvgIpc) is 2.72. The lowest BCUT2D eigenvalue weighted by Crippen LogP contribution is -2.21. The number of ether oxygens (including phenoxy) is 2. The highest BCUT2D eigenvalue weighted by Gasteiger charge is 2.20. The van der Waals surface area contributed by atoms with Gasteiger partial charge in [-0.25, -0.2) is 9.78 Å². The number of fused-ring (bicyclic) bond motifs is 1. The normalized spacial score (nSPS) is 11.5. The topological polar surface area (TPSA) is 122 Å². The number of anilines is 2. The van der Waals surface area contributed by atoms with E-state index in [4.69, 9.17) is 14.7 Å². The Bertz CT molecular complexity index is 1060. The molecule has 28 heavy (non-hydrogen) atoms. The number of carbonyl (C=O) groups excluding carboxylic acids is 1. The lowest BCUT2D eigenvalue weighted by Gasteiger charge is -2.19. The molecular formula is C19H18N6O3. The Morgan fingerprint density at radius 2 is 2.04 bits per heavy atom. The number of nitrogens with zero attached hydrogens (tertiary/aromatic N) is 4. The minimum Gasteiger partial charge on any atom is -0.480 e. The molecule has 0 saturated carbocycles. The van der Waals surface area contributed by atoms with Crippen LogP contribution in [0.2, 0.25) is 0 Å². The molecule has 3 rings (SSSR count). The number of hydrogen-bond acceptors (Lipinski definition) is 7. The summed E-state index contributed by atoms with van der Waals surface area (Å²) >= 11 is 0. The molecule has 142 valence electrons. The van der Waals surface area contributed by atoms with Crippen LogP contribution in [-0.2, 0) is 4.74 Å². The molecule has 0 aliphatic carbocycles. The first kappa shape index (κ1) is 19.0. The second kappa shape index (κ2) is 8.28. The second-order valence-electron chi connectivity index (χ2n) is 5.83. The van der Waals surface area contributed by atoms with Crippen LogP contribution in [0.4, 0.5) is 16.2 Å². The standard InChI is InChI=1S/C19H18N6O3/c1-11(27-2)16-15(10-23-14-4-5-22-18(28-3)17(14)16)25-19(26)24-13-6-12(7-20)8-21-9-13/h4-6,8-11H,1-3H3,(H2,24,25,26). The van der Waals surface area contributed by atoms with Gasteiger partial charge < -0.3 is 20.1 Å². The number of pyridine rings is 3. The molecule has 1 atom stereocenters. The maximum atomic E-state index is 12.5. The number of nitrogens with one attached hydrogen (secondary N) is 2. The number of amides is 2. The molecule has 0 aliphatic rings. The van der Waals surface area contributed by atoms with Crippen LogP contribution in [0.3, 0.4) is 0 Å². The number of rotatable bonds is 5. The summed E-state index contributed by atoms with van der Waals surface area (Å²) in [7, 11) is 3.09. The highest BCUT2D eigenvalue weighted by Crippen LogP contribution is 2.36.